The van der Waals surface area contributed by atoms with Gasteiger partial charge in [0.2, 0.25) is 0 Å². The number of benzene rings is 3. The molecule has 8 heteroatoms. The summed E-state index contributed by atoms with van der Waals surface area (Å²) in [5.74, 6) is -0.775. The summed E-state index contributed by atoms with van der Waals surface area (Å²) < 4.78 is 70.9. The van der Waals surface area contributed by atoms with E-state index in [1.807, 2.05) is 36.4 Å². The third-order valence-corrected chi connectivity index (χ3v) is 9.58. The van der Waals surface area contributed by atoms with Crippen molar-refractivity contribution in [3.8, 4) is 11.5 Å². The minimum absolute atomic E-state index is 0.0912. The zero-order valence-electron chi connectivity index (χ0n) is 24.5. The first-order valence-corrected chi connectivity index (χ1v) is 15.6. The smallest absolute Gasteiger partial charge is 0.251 e. The number of nitrogens with one attached hydrogen (secondary N) is 1. The molecule has 4 nitrogen and oxygen atoms in total. The minimum atomic E-state index is -2.63. The molecule has 3 aromatic carbocycles. The van der Waals surface area contributed by atoms with Crippen molar-refractivity contribution < 1.29 is 27.0 Å². The molecule has 1 aliphatic carbocycles. The molecule has 1 saturated heterocycles. The lowest BCUT2D eigenvalue weighted by Crippen LogP contribution is -2.40. The highest BCUT2D eigenvalue weighted by atomic mass is 19.3. The Balaban J connectivity index is 1.21. The lowest BCUT2D eigenvalue weighted by atomic mass is 9.69. The second-order valence-electron chi connectivity index (χ2n) is 12.4. The van der Waals surface area contributed by atoms with Gasteiger partial charge < -0.3 is 14.8 Å². The number of fused-ring (bicyclic) bond motifs is 1. The second-order valence-corrected chi connectivity index (χ2v) is 12.4. The molecular formula is C35H40F4N2O2. The van der Waals surface area contributed by atoms with Crippen LogP contribution >= 0.6 is 0 Å². The molecule has 1 saturated carbocycles. The maximum absolute atomic E-state index is 15.8. The number of halogens is 4. The lowest BCUT2D eigenvalue weighted by molar-refractivity contribution is 0.0670. The van der Waals surface area contributed by atoms with Gasteiger partial charge >= 0.3 is 0 Å². The largest absolute Gasteiger partial charge is 0.490 e. The summed E-state index contributed by atoms with van der Waals surface area (Å²) in [5.41, 5.74) is 2.59. The molecule has 43 heavy (non-hydrogen) atoms. The SMILES string of the molecule is Fc1cc(OC2CCC3(CCCNCC3)CC2)cc(F)c1C1c2ccc(OCc3ccccc3)cc2CCN1CC(F)F. The Morgan fingerprint density at radius 3 is 2.40 bits per heavy atom. The van der Waals surface area contributed by atoms with Crippen LogP contribution in [0, 0.1) is 17.0 Å². The molecule has 2 fully saturated rings. The predicted octanol–water partition coefficient (Wildman–Crippen LogP) is 7.84. The third kappa shape index (κ3) is 7.01. The van der Waals surface area contributed by atoms with Crippen LogP contribution in [0.3, 0.4) is 0 Å². The zero-order chi connectivity index (χ0) is 29.8. The highest BCUT2D eigenvalue weighted by Crippen LogP contribution is 2.45. The number of alkyl halides is 2. The number of hydrogen-bond donors (Lipinski definition) is 1. The molecule has 1 N–H and O–H groups in total. The van der Waals surface area contributed by atoms with E-state index in [0.29, 0.717) is 29.8 Å². The molecule has 0 aromatic heterocycles. The number of ether oxygens (including phenoxy) is 2. The van der Waals surface area contributed by atoms with Gasteiger partial charge in [0.05, 0.1) is 18.7 Å². The van der Waals surface area contributed by atoms with Crippen LogP contribution in [0.5, 0.6) is 11.5 Å². The molecule has 0 bridgehead atoms. The lowest BCUT2D eigenvalue weighted by Gasteiger charge is -2.40. The summed E-state index contributed by atoms with van der Waals surface area (Å²) in [5, 5.41) is 3.48. The van der Waals surface area contributed by atoms with Gasteiger partial charge in [0.25, 0.3) is 6.43 Å². The van der Waals surface area contributed by atoms with E-state index in [9.17, 15) is 8.78 Å². The van der Waals surface area contributed by atoms with Gasteiger partial charge in [0.1, 0.15) is 29.7 Å². The summed E-state index contributed by atoms with van der Waals surface area (Å²) in [6, 6.07) is 16.6. The van der Waals surface area contributed by atoms with E-state index in [1.165, 1.54) is 29.9 Å². The standard InChI is InChI=1S/C35H40F4N2O2/c36-30-20-28(43-26-9-13-35(14-10-26)12-4-16-40-17-15-35)21-31(37)33(30)34-29-8-7-27(42-23-24-5-2-1-3-6-24)19-25(29)11-18-41(34)22-32(38)39/h1-3,5-8,19-21,26,32,34,40H,4,9-18,22-23H2. The van der Waals surface area contributed by atoms with Gasteiger partial charge in [-0.1, -0.05) is 36.4 Å². The molecule has 1 unspecified atom stereocenters. The van der Waals surface area contributed by atoms with Crippen molar-refractivity contribution in [2.24, 2.45) is 5.41 Å². The highest BCUT2D eigenvalue weighted by molar-refractivity contribution is 5.46. The van der Waals surface area contributed by atoms with Crippen molar-refractivity contribution in [2.45, 2.75) is 76.5 Å². The normalized spacial score (nSPS) is 24.5. The van der Waals surface area contributed by atoms with E-state index in [4.69, 9.17) is 9.47 Å². The Labute approximate surface area is 251 Å². The van der Waals surface area contributed by atoms with Gasteiger partial charge in [-0.15, -0.1) is 0 Å². The third-order valence-electron chi connectivity index (χ3n) is 9.58. The Hall–Kier alpha value is -3.10. The molecule has 230 valence electrons. The van der Waals surface area contributed by atoms with Crippen molar-refractivity contribution in [3.63, 3.8) is 0 Å². The molecule has 2 aliphatic heterocycles. The van der Waals surface area contributed by atoms with Gasteiger partial charge in [0, 0.05) is 24.2 Å². The maximum atomic E-state index is 15.8. The van der Waals surface area contributed by atoms with E-state index in [0.717, 1.165) is 56.3 Å². The summed E-state index contributed by atoms with van der Waals surface area (Å²) in [6.45, 7) is 2.16. The monoisotopic (exact) mass is 596 g/mol. The van der Waals surface area contributed by atoms with Gasteiger partial charge in [-0.2, -0.15) is 0 Å². The summed E-state index contributed by atoms with van der Waals surface area (Å²) in [7, 11) is 0. The quantitative estimate of drug-likeness (QED) is 0.269. The molecule has 6 rings (SSSR count). The fraction of sp³-hybridized carbons (Fsp3) is 0.486. The van der Waals surface area contributed by atoms with E-state index < -0.39 is 30.6 Å². The molecule has 0 radical (unpaired) electrons. The number of rotatable bonds is 8. The van der Waals surface area contributed by atoms with E-state index in [2.05, 4.69) is 5.32 Å². The Morgan fingerprint density at radius 2 is 1.65 bits per heavy atom. The molecule has 1 spiro atoms. The summed E-state index contributed by atoms with van der Waals surface area (Å²) in [6.07, 6.45) is 5.14. The van der Waals surface area contributed by atoms with Crippen LogP contribution in [0.4, 0.5) is 17.6 Å². The molecular weight excluding hydrogens is 556 g/mol. The van der Waals surface area contributed by atoms with Gasteiger partial charge in [0.15, 0.2) is 0 Å². The first kappa shape index (κ1) is 29.9. The van der Waals surface area contributed by atoms with Crippen molar-refractivity contribution in [3.05, 3.63) is 94.6 Å². The van der Waals surface area contributed by atoms with Gasteiger partial charge in [-0.25, -0.2) is 17.6 Å². The number of nitrogens with zero attached hydrogens (tertiary/aromatic N) is 1. The average Bonchev–Trinajstić information content (AvgIpc) is 3.23. The van der Waals surface area contributed by atoms with E-state index in [-0.39, 0.29) is 24.0 Å². The average molecular weight is 597 g/mol. The van der Waals surface area contributed by atoms with Crippen LogP contribution in [-0.4, -0.2) is 43.6 Å². The molecule has 3 aromatic rings. The predicted molar refractivity (Wildman–Crippen MR) is 159 cm³/mol. The molecule has 0 amide bonds. The van der Waals surface area contributed by atoms with Crippen LogP contribution in [0.1, 0.15) is 73.2 Å². The van der Waals surface area contributed by atoms with Crippen molar-refractivity contribution in [2.75, 3.05) is 26.2 Å². The Bertz CT molecular complexity index is 1340. The Kier molecular flexibility index (Phi) is 9.24. The van der Waals surface area contributed by atoms with Crippen molar-refractivity contribution in [1.82, 2.24) is 10.2 Å². The summed E-state index contributed by atoms with van der Waals surface area (Å²) in [4.78, 5) is 1.47. The van der Waals surface area contributed by atoms with Crippen LogP contribution < -0.4 is 14.8 Å². The van der Waals surface area contributed by atoms with Crippen LogP contribution in [0.15, 0.2) is 60.7 Å². The molecule has 2 heterocycles. The van der Waals surface area contributed by atoms with Crippen LogP contribution in [-0.2, 0) is 13.0 Å². The van der Waals surface area contributed by atoms with E-state index in [1.54, 1.807) is 12.1 Å². The van der Waals surface area contributed by atoms with Crippen LogP contribution in [0.2, 0.25) is 0 Å². The Morgan fingerprint density at radius 1 is 0.884 bits per heavy atom. The first-order valence-electron chi connectivity index (χ1n) is 15.6. The molecule has 3 aliphatic rings. The van der Waals surface area contributed by atoms with E-state index >= 15 is 8.78 Å². The molecule has 1 atom stereocenters. The fourth-order valence-electron chi connectivity index (χ4n) is 7.29. The second kappa shape index (κ2) is 13.3. The van der Waals surface area contributed by atoms with Gasteiger partial charge in [-0.3, -0.25) is 4.90 Å². The highest BCUT2D eigenvalue weighted by Gasteiger charge is 2.37. The maximum Gasteiger partial charge on any atom is 0.251 e. The summed E-state index contributed by atoms with van der Waals surface area (Å²) >= 11 is 0. The number of hydrogen-bond acceptors (Lipinski definition) is 4. The van der Waals surface area contributed by atoms with Gasteiger partial charge in [-0.05, 0) is 98.7 Å². The first-order chi connectivity index (χ1) is 20.9. The minimum Gasteiger partial charge on any atom is -0.490 e. The van der Waals surface area contributed by atoms with Crippen LogP contribution in [0.25, 0.3) is 0 Å². The fourth-order valence-corrected chi connectivity index (χ4v) is 7.29. The van der Waals surface area contributed by atoms with Crippen molar-refractivity contribution in [1.29, 1.82) is 0 Å². The topological polar surface area (TPSA) is 33.7 Å². The zero-order valence-corrected chi connectivity index (χ0v) is 24.5. The van der Waals surface area contributed by atoms with Crippen molar-refractivity contribution >= 4 is 0 Å².